The maximum absolute atomic E-state index is 13.3. The number of amides is 1. The number of rotatable bonds is 6. The number of ether oxygens (including phenoxy) is 1. The number of non-ortho nitro benzene ring substituents is 1. The first-order valence-corrected chi connectivity index (χ1v) is 10.9. The molecule has 0 N–H and O–H groups in total. The SMILES string of the molecule is COc1ccc(C2=NN(c3ccc([N+](=O)[O-])cc3)C(=O)/C2=C/c2ccc(SC)cc2)cc1. The third-order valence-electron chi connectivity index (χ3n) is 4.97. The van der Waals surface area contributed by atoms with E-state index in [0.717, 1.165) is 16.0 Å². The second kappa shape index (κ2) is 9.07. The Kier molecular flexibility index (Phi) is 6.04. The van der Waals surface area contributed by atoms with Gasteiger partial charge in [0.2, 0.25) is 0 Å². The number of methoxy groups -OCH3 is 1. The number of thioether (sulfide) groups is 1. The number of hydrazone groups is 1. The standard InChI is InChI=1S/C24H19N3O4S/c1-31-20-11-5-17(6-12-20)23-22(15-16-3-13-21(32-2)14-4-16)24(28)26(25-23)18-7-9-19(10-8-18)27(29)30/h3-15H,1-2H3/b22-15+. The zero-order valence-electron chi connectivity index (χ0n) is 17.4. The molecule has 4 rings (SSSR count). The number of carbonyl (C=O) groups excluding carboxylic acids is 1. The van der Waals surface area contributed by atoms with Crippen LogP contribution in [0, 0.1) is 10.1 Å². The number of hydrogen-bond acceptors (Lipinski definition) is 6. The van der Waals surface area contributed by atoms with Crippen molar-refractivity contribution in [1.29, 1.82) is 0 Å². The van der Waals surface area contributed by atoms with Gasteiger partial charge in [0.15, 0.2) is 0 Å². The van der Waals surface area contributed by atoms with Gasteiger partial charge in [-0.25, -0.2) is 0 Å². The van der Waals surface area contributed by atoms with E-state index in [2.05, 4.69) is 5.10 Å². The van der Waals surface area contributed by atoms with Crippen molar-refractivity contribution in [2.24, 2.45) is 5.10 Å². The maximum Gasteiger partial charge on any atom is 0.281 e. The van der Waals surface area contributed by atoms with Gasteiger partial charge in [-0.1, -0.05) is 12.1 Å². The fourth-order valence-electron chi connectivity index (χ4n) is 3.26. The fraction of sp³-hybridized carbons (Fsp3) is 0.0833. The highest BCUT2D eigenvalue weighted by atomic mass is 32.2. The van der Waals surface area contributed by atoms with Crippen LogP contribution in [0.3, 0.4) is 0 Å². The van der Waals surface area contributed by atoms with Gasteiger partial charge in [-0.3, -0.25) is 14.9 Å². The zero-order valence-corrected chi connectivity index (χ0v) is 18.2. The molecule has 0 saturated carbocycles. The van der Waals surface area contributed by atoms with Crippen LogP contribution in [0.5, 0.6) is 5.75 Å². The number of nitrogens with zero attached hydrogens (tertiary/aromatic N) is 3. The van der Waals surface area contributed by atoms with Crippen LogP contribution in [0.15, 0.2) is 88.4 Å². The van der Waals surface area contributed by atoms with E-state index in [9.17, 15) is 14.9 Å². The van der Waals surface area contributed by atoms with Gasteiger partial charge in [0.25, 0.3) is 11.6 Å². The van der Waals surface area contributed by atoms with Crippen LogP contribution in [-0.2, 0) is 4.79 Å². The second-order valence-electron chi connectivity index (χ2n) is 6.90. The molecule has 0 aromatic heterocycles. The van der Waals surface area contributed by atoms with Crippen LogP contribution in [-0.4, -0.2) is 29.9 Å². The Bertz CT molecular complexity index is 1220. The van der Waals surface area contributed by atoms with Gasteiger partial charge in [0.05, 0.1) is 23.3 Å². The van der Waals surface area contributed by atoms with Gasteiger partial charge in [0.1, 0.15) is 11.5 Å². The number of nitro groups is 1. The Morgan fingerprint density at radius 2 is 1.66 bits per heavy atom. The van der Waals surface area contributed by atoms with Gasteiger partial charge in [-0.15, -0.1) is 11.8 Å². The fourth-order valence-corrected chi connectivity index (χ4v) is 3.67. The zero-order chi connectivity index (χ0) is 22.7. The summed E-state index contributed by atoms with van der Waals surface area (Å²) in [6.45, 7) is 0. The molecule has 3 aromatic rings. The molecule has 0 aliphatic carbocycles. The van der Waals surface area contributed by atoms with Crippen molar-refractivity contribution in [2.75, 3.05) is 18.4 Å². The molecule has 0 atom stereocenters. The van der Waals surface area contributed by atoms with Crippen LogP contribution in [0.25, 0.3) is 6.08 Å². The molecule has 0 fully saturated rings. The summed E-state index contributed by atoms with van der Waals surface area (Å²) in [7, 11) is 1.59. The minimum atomic E-state index is -0.481. The van der Waals surface area contributed by atoms with Gasteiger partial charge >= 0.3 is 0 Å². The third-order valence-corrected chi connectivity index (χ3v) is 5.72. The van der Waals surface area contributed by atoms with Crippen molar-refractivity contribution < 1.29 is 14.5 Å². The van der Waals surface area contributed by atoms with E-state index in [1.54, 1.807) is 24.9 Å². The van der Waals surface area contributed by atoms with E-state index in [-0.39, 0.29) is 11.6 Å². The van der Waals surface area contributed by atoms with Gasteiger partial charge in [0, 0.05) is 22.6 Å². The summed E-state index contributed by atoms with van der Waals surface area (Å²) >= 11 is 1.64. The summed E-state index contributed by atoms with van der Waals surface area (Å²) in [6, 6.07) is 20.9. The molecular weight excluding hydrogens is 426 g/mol. The van der Waals surface area contributed by atoms with Crippen LogP contribution in [0.1, 0.15) is 11.1 Å². The number of carbonyl (C=O) groups is 1. The molecule has 3 aromatic carbocycles. The van der Waals surface area contributed by atoms with Gasteiger partial charge < -0.3 is 4.74 Å². The smallest absolute Gasteiger partial charge is 0.281 e. The summed E-state index contributed by atoms with van der Waals surface area (Å²) in [4.78, 5) is 24.9. The molecule has 0 spiro atoms. The minimum Gasteiger partial charge on any atom is -0.497 e. The Hall–Kier alpha value is -3.91. The third kappa shape index (κ3) is 4.26. The first-order valence-electron chi connectivity index (χ1n) is 9.68. The molecule has 7 nitrogen and oxygen atoms in total. The monoisotopic (exact) mass is 445 g/mol. The Labute approximate surface area is 189 Å². The molecule has 0 unspecified atom stereocenters. The van der Waals surface area contributed by atoms with Crippen molar-refractivity contribution in [1.82, 2.24) is 0 Å². The summed E-state index contributed by atoms with van der Waals surface area (Å²) in [5, 5.41) is 16.8. The first-order chi connectivity index (χ1) is 15.5. The van der Waals surface area contributed by atoms with E-state index in [1.165, 1.54) is 29.3 Å². The molecule has 0 bridgehead atoms. The van der Waals surface area contributed by atoms with Crippen LogP contribution >= 0.6 is 11.8 Å². The van der Waals surface area contributed by atoms with Gasteiger partial charge in [-0.05, 0) is 66.4 Å². The molecule has 1 amide bonds. The second-order valence-corrected chi connectivity index (χ2v) is 7.78. The topological polar surface area (TPSA) is 85.0 Å². The highest BCUT2D eigenvalue weighted by Crippen LogP contribution is 2.30. The number of hydrogen-bond donors (Lipinski definition) is 0. The summed E-state index contributed by atoms with van der Waals surface area (Å²) in [5.74, 6) is 0.391. The molecule has 0 saturated heterocycles. The maximum atomic E-state index is 13.3. The summed E-state index contributed by atoms with van der Waals surface area (Å²) in [6.07, 6.45) is 3.81. The average Bonchev–Trinajstić information content (AvgIpc) is 3.15. The van der Waals surface area contributed by atoms with Gasteiger partial charge in [-0.2, -0.15) is 10.1 Å². The lowest BCUT2D eigenvalue weighted by Crippen LogP contribution is -2.21. The molecule has 1 aliphatic rings. The molecule has 8 heteroatoms. The quantitative estimate of drug-likeness (QED) is 0.226. The molecule has 1 aliphatic heterocycles. The molecule has 160 valence electrons. The van der Waals surface area contributed by atoms with Crippen molar-refractivity contribution in [3.8, 4) is 5.75 Å². The van der Waals surface area contributed by atoms with Crippen molar-refractivity contribution in [3.05, 3.63) is 99.6 Å². The number of benzene rings is 3. The Morgan fingerprint density at radius 1 is 1.00 bits per heavy atom. The first kappa shape index (κ1) is 21.3. The van der Waals surface area contributed by atoms with E-state index >= 15 is 0 Å². The lowest BCUT2D eigenvalue weighted by molar-refractivity contribution is -0.384. The lowest BCUT2D eigenvalue weighted by atomic mass is 10.00. The highest BCUT2D eigenvalue weighted by molar-refractivity contribution is 7.98. The van der Waals surface area contributed by atoms with E-state index in [1.807, 2.05) is 54.8 Å². The van der Waals surface area contributed by atoms with E-state index < -0.39 is 4.92 Å². The minimum absolute atomic E-state index is 0.0515. The van der Waals surface area contributed by atoms with Crippen LogP contribution in [0.2, 0.25) is 0 Å². The predicted octanol–water partition coefficient (Wildman–Crippen LogP) is 5.16. The summed E-state index contributed by atoms with van der Waals surface area (Å²) < 4.78 is 5.23. The van der Waals surface area contributed by atoms with Crippen LogP contribution < -0.4 is 9.75 Å². The average molecular weight is 446 g/mol. The number of anilines is 1. The largest absolute Gasteiger partial charge is 0.497 e. The molecule has 0 radical (unpaired) electrons. The van der Waals surface area contributed by atoms with Crippen molar-refractivity contribution in [2.45, 2.75) is 4.90 Å². The Morgan fingerprint density at radius 3 is 2.22 bits per heavy atom. The molecule has 1 heterocycles. The van der Waals surface area contributed by atoms with Crippen LogP contribution in [0.4, 0.5) is 11.4 Å². The van der Waals surface area contributed by atoms with E-state index in [4.69, 9.17) is 4.74 Å². The predicted molar refractivity (Wildman–Crippen MR) is 126 cm³/mol. The summed E-state index contributed by atoms with van der Waals surface area (Å²) in [5.41, 5.74) is 2.99. The van der Waals surface area contributed by atoms with E-state index in [0.29, 0.717) is 22.7 Å². The van der Waals surface area contributed by atoms with Crippen molar-refractivity contribution >= 4 is 40.8 Å². The highest BCUT2D eigenvalue weighted by Gasteiger charge is 2.32. The Balaban J connectivity index is 1.77. The number of nitro benzene ring substituents is 1. The molecular formula is C24H19N3O4S. The normalized spacial score (nSPS) is 14.6. The molecule has 32 heavy (non-hydrogen) atoms. The van der Waals surface area contributed by atoms with Crippen molar-refractivity contribution in [3.63, 3.8) is 0 Å². The lowest BCUT2D eigenvalue weighted by Gasteiger charge is -2.11.